The maximum absolute atomic E-state index is 11.0. The lowest BCUT2D eigenvalue weighted by Gasteiger charge is -2.30. The molecule has 0 bridgehead atoms. The van der Waals surface area contributed by atoms with Crippen molar-refractivity contribution in [1.82, 2.24) is 24.8 Å². The van der Waals surface area contributed by atoms with Gasteiger partial charge in [0.15, 0.2) is 5.82 Å². The van der Waals surface area contributed by atoms with Crippen molar-refractivity contribution < 1.29 is 4.92 Å². The van der Waals surface area contributed by atoms with Crippen LogP contribution in [0.2, 0.25) is 10.0 Å². The molecular weight excluding hydrogens is 469 g/mol. The quantitative estimate of drug-likeness (QED) is 0.289. The van der Waals surface area contributed by atoms with Gasteiger partial charge in [-0.25, -0.2) is 15.0 Å². The van der Waals surface area contributed by atoms with E-state index in [-0.39, 0.29) is 11.5 Å². The molecule has 2 aromatic heterocycles. The number of allylic oxidation sites excluding steroid dienone is 1. The summed E-state index contributed by atoms with van der Waals surface area (Å²) in [5.74, 6) is 0.253. The van der Waals surface area contributed by atoms with Gasteiger partial charge in [0.25, 0.3) is 0 Å². The van der Waals surface area contributed by atoms with Crippen LogP contribution in [0.4, 0.5) is 5.95 Å². The van der Waals surface area contributed by atoms with Crippen LogP contribution in [0.3, 0.4) is 0 Å². The molecule has 1 atom stereocenters. The van der Waals surface area contributed by atoms with Gasteiger partial charge in [0.2, 0.25) is 5.95 Å². The second-order valence-electron chi connectivity index (χ2n) is 7.25. The first-order chi connectivity index (χ1) is 15.8. The first-order valence-electron chi connectivity index (χ1n) is 9.71. The van der Waals surface area contributed by atoms with Gasteiger partial charge in [0, 0.05) is 42.0 Å². The Morgan fingerprint density at radius 3 is 2.82 bits per heavy atom. The van der Waals surface area contributed by atoms with Gasteiger partial charge in [-0.3, -0.25) is 10.1 Å². The van der Waals surface area contributed by atoms with Gasteiger partial charge in [-0.2, -0.15) is 0 Å². The first kappa shape index (κ1) is 22.5. The zero-order chi connectivity index (χ0) is 23.6. The molecule has 3 aromatic rings. The van der Waals surface area contributed by atoms with Crippen LogP contribution < -0.4 is 22.1 Å². The van der Waals surface area contributed by atoms with Crippen LogP contribution in [-0.4, -0.2) is 36.6 Å². The molecule has 170 valence electrons. The lowest BCUT2D eigenvalue weighted by Crippen LogP contribution is -2.55. The van der Waals surface area contributed by atoms with E-state index in [4.69, 9.17) is 34.7 Å². The van der Waals surface area contributed by atoms with Crippen molar-refractivity contribution in [2.24, 2.45) is 11.5 Å². The highest BCUT2D eigenvalue weighted by atomic mass is 35.5. The number of aromatic nitrogens is 4. The molecule has 6 N–H and O–H groups in total. The number of dihydropyridines is 1. The summed E-state index contributed by atoms with van der Waals surface area (Å²) in [7, 11) is 0. The number of anilines is 1. The van der Waals surface area contributed by atoms with Gasteiger partial charge in [0.05, 0.1) is 28.2 Å². The summed E-state index contributed by atoms with van der Waals surface area (Å²) < 4.78 is 1.78. The van der Waals surface area contributed by atoms with E-state index >= 15 is 0 Å². The maximum atomic E-state index is 11.0. The highest BCUT2D eigenvalue weighted by molar-refractivity contribution is 6.36. The van der Waals surface area contributed by atoms with Crippen molar-refractivity contribution in [3.8, 4) is 16.9 Å². The summed E-state index contributed by atoms with van der Waals surface area (Å²) in [6.07, 6.45) is 9.85. The Bertz CT molecular complexity index is 1260. The van der Waals surface area contributed by atoms with Crippen LogP contribution in [0.15, 0.2) is 66.8 Å². The Hall–Kier alpha value is -3.67. The van der Waals surface area contributed by atoms with Gasteiger partial charge < -0.3 is 26.7 Å². The summed E-state index contributed by atoms with van der Waals surface area (Å²) in [4.78, 5) is 23.5. The minimum absolute atomic E-state index is 0.0920. The lowest BCUT2D eigenvalue weighted by molar-refractivity contribution is -0.421. The number of hydrogen-bond acceptors (Lipinski definition) is 9. The van der Waals surface area contributed by atoms with Gasteiger partial charge in [-0.1, -0.05) is 23.2 Å². The molecule has 0 spiro atoms. The SMILES string of the molecule is NC1=C([N+](=O)[O-])C=CC(N)(CCNc2ncc(-n3ccnc3)c(-c3ccc(Cl)cc3Cl)n2)N1. The summed E-state index contributed by atoms with van der Waals surface area (Å²) in [5, 5.41) is 17.8. The predicted molar refractivity (Wildman–Crippen MR) is 125 cm³/mol. The van der Waals surface area contributed by atoms with Gasteiger partial charge in [-0.05, 0) is 24.3 Å². The molecule has 0 amide bonds. The highest BCUT2D eigenvalue weighted by Crippen LogP contribution is 2.33. The summed E-state index contributed by atoms with van der Waals surface area (Å²) >= 11 is 12.5. The molecule has 33 heavy (non-hydrogen) atoms. The summed E-state index contributed by atoms with van der Waals surface area (Å²) in [6.45, 7) is 0.354. The Kier molecular flexibility index (Phi) is 6.18. The fraction of sp³-hybridized carbons (Fsp3) is 0.150. The van der Waals surface area contributed by atoms with Crippen LogP contribution in [0.1, 0.15) is 6.42 Å². The molecule has 0 fully saturated rings. The fourth-order valence-corrected chi connectivity index (χ4v) is 3.79. The number of benzene rings is 1. The summed E-state index contributed by atoms with van der Waals surface area (Å²) in [6, 6.07) is 5.15. The molecule has 1 unspecified atom stereocenters. The number of nitrogens with zero attached hydrogens (tertiary/aromatic N) is 5. The second kappa shape index (κ2) is 9.06. The van der Waals surface area contributed by atoms with Gasteiger partial charge in [-0.15, -0.1) is 0 Å². The standard InChI is InChI=1S/C20H19Cl2N9O2/c21-12-1-2-13(14(22)9-12)17-16(30-8-7-25-11-30)10-27-19(28-17)26-6-5-20(24)4-3-15(31(32)33)18(23)29-20/h1-4,7-11,29H,5-6,23-24H2,(H,26,27,28). The number of nitrogens with one attached hydrogen (secondary N) is 2. The normalized spacial score (nSPS) is 17.7. The molecular formula is C20H19Cl2N9O2. The highest BCUT2D eigenvalue weighted by Gasteiger charge is 2.30. The Morgan fingerprint density at radius 1 is 1.33 bits per heavy atom. The minimum atomic E-state index is -1.06. The first-order valence-corrected chi connectivity index (χ1v) is 10.5. The van der Waals surface area contributed by atoms with Crippen molar-refractivity contribution in [2.45, 2.75) is 12.1 Å². The van der Waals surface area contributed by atoms with E-state index in [1.165, 1.54) is 12.2 Å². The van der Waals surface area contributed by atoms with Crippen LogP contribution in [0.25, 0.3) is 16.9 Å². The largest absolute Gasteiger partial charge is 0.380 e. The van der Waals surface area contributed by atoms with Crippen molar-refractivity contribution >= 4 is 29.2 Å². The third kappa shape index (κ3) is 4.90. The summed E-state index contributed by atoms with van der Waals surface area (Å²) in [5.41, 5.74) is 12.6. The van der Waals surface area contributed by atoms with Crippen molar-refractivity contribution in [2.75, 3.05) is 11.9 Å². The third-order valence-electron chi connectivity index (χ3n) is 4.94. The van der Waals surface area contributed by atoms with Crippen LogP contribution in [0, 0.1) is 10.1 Å². The number of nitrogens with two attached hydrogens (primary N) is 2. The molecule has 0 aliphatic carbocycles. The number of rotatable bonds is 7. The van der Waals surface area contributed by atoms with E-state index < -0.39 is 10.6 Å². The molecule has 0 radical (unpaired) electrons. The van der Waals surface area contributed by atoms with Crippen molar-refractivity contribution in [3.05, 3.63) is 86.9 Å². The number of halogens is 2. The average molecular weight is 488 g/mol. The second-order valence-corrected chi connectivity index (χ2v) is 8.10. The number of imidazole rings is 1. The topological polar surface area (TPSA) is 163 Å². The lowest BCUT2D eigenvalue weighted by atomic mass is 10.0. The fourth-order valence-electron chi connectivity index (χ4n) is 3.29. The third-order valence-corrected chi connectivity index (χ3v) is 5.49. The Balaban J connectivity index is 1.55. The van der Waals surface area contributed by atoms with Gasteiger partial charge >= 0.3 is 5.70 Å². The smallest absolute Gasteiger partial charge is 0.308 e. The van der Waals surface area contributed by atoms with Crippen molar-refractivity contribution in [3.63, 3.8) is 0 Å². The molecule has 3 heterocycles. The maximum Gasteiger partial charge on any atom is 0.308 e. The van der Waals surface area contributed by atoms with Crippen LogP contribution >= 0.6 is 23.2 Å². The molecule has 0 saturated carbocycles. The molecule has 0 saturated heterocycles. The molecule has 1 aliphatic heterocycles. The Morgan fingerprint density at radius 2 is 2.15 bits per heavy atom. The van der Waals surface area contributed by atoms with Crippen molar-refractivity contribution in [1.29, 1.82) is 0 Å². The number of hydrogen-bond donors (Lipinski definition) is 4. The van der Waals surface area contributed by atoms with Gasteiger partial charge in [0.1, 0.15) is 11.4 Å². The van der Waals surface area contributed by atoms with Crippen LogP contribution in [0.5, 0.6) is 0 Å². The van der Waals surface area contributed by atoms with Crippen LogP contribution in [-0.2, 0) is 0 Å². The molecule has 13 heteroatoms. The molecule has 1 aromatic carbocycles. The van der Waals surface area contributed by atoms with E-state index in [0.717, 1.165) is 0 Å². The Labute approximate surface area is 198 Å². The average Bonchev–Trinajstić information content (AvgIpc) is 3.28. The molecule has 4 rings (SSSR count). The minimum Gasteiger partial charge on any atom is -0.380 e. The molecule has 11 nitrogen and oxygen atoms in total. The number of nitro groups is 1. The van der Waals surface area contributed by atoms with E-state index in [2.05, 4.69) is 25.6 Å². The monoisotopic (exact) mass is 487 g/mol. The zero-order valence-corrected chi connectivity index (χ0v) is 18.6. The molecule has 1 aliphatic rings. The van der Waals surface area contributed by atoms with E-state index in [1.807, 2.05) is 0 Å². The van der Waals surface area contributed by atoms with E-state index in [9.17, 15) is 10.1 Å². The van der Waals surface area contributed by atoms with E-state index in [1.54, 1.807) is 47.7 Å². The zero-order valence-electron chi connectivity index (χ0n) is 17.1. The predicted octanol–water partition coefficient (Wildman–Crippen LogP) is 2.66. The van der Waals surface area contributed by atoms with E-state index in [0.29, 0.717) is 45.9 Å².